The van der Waals surface area contributed by atoms with Gasteiger partial charge in [-0.05, 0) is 0 Å². The van der Waals surface area contributed by atoms with Crippen molar-refractivity contribution < 1.29 is 0 Å². The summed E-state index contributed by atoms with van der Waals surface area (Å²) in [6.45, 7) is 0. The monoisotopic (exact) mass is 160 g/mol. The first-order valence-electron chi connectivity index (χ1n) is 2.03. The van der Waals surface area contributed by atoms with Crippen LogP contribution in [0, 0.1) is 0 Å². The van der Waals surface area contributed by atoms with Crippen molar-refractivity contribution in [1.82, 2.24) is 3.40 Å². The molecule has 0 aliphatic rings. The molecule has 36 valence electrons. The van der Waals surface area contributed by atoms with E-state index in [0.29, 0.717) is 14.7 Å². The van der Waals surface area contributed by atoms with E-state index in [-0.39, 0.29) is 0 Å². The molecule has 0 radical (unpaired) electrons. The van der Waals surface area contributed by atoms with Crippen LogP contribution in [0.25, 0.3) is 4.26 Å². The predicted octanol–water partition coefficient (Wildman–Crippen LogP) is 0.0163. The van der Waals surface area contributed by atoms with E-state index >= 15 is 0 Å². The molecule has 7 heavy (non-hydrogen) atoms. The molecule has 3 aromatic heterocycles. The molecule has 0 saturated heterocycles. The Balaban J connectivity index is 3.04. The van der Waals surface area contributed by atoms with E-state index in [9.17, 15) is 0 Å². The molecular weight excluding hydrogens is 155 g/mol. The van der Waals surface area contributed by atoms with E-state index in [1.165, 1.54) is 4.26 Å². The van der Waals surface area contributed by atoms with Crippen molar-refractivity contribution in [3.63, 3.8) is 0 Å². The first-order chi connectivity index (χ1) is 3.38. The van der Waals surface area contributed by atoms with E-state index in [0.717, 1.165) is 5.82 Å². The number of nitrogens with two attached hydrogens (primary N) is 1. The molecule has 3 heterocycles. The molecule has 0 aromatic carbocycles. The summed E-state index contributed by atoms with van der Waals surface area (Å²) in [7, 11) is 0. The van der Waals surface area contributed by atoms with Gasteiger partial charge in [-0.2, -0.15) is 0 Å². The standard InChI is InChI=1S/C4H4N2Se/c5-4-3-1-2-6(4)7-3/h1-2H,5H2. The molecule has 0 atom stereocenters. The van der Waals surface area contributed by atoms with Gasteiger partial charge in [0.2, 0.25) is 0 Å². The molecule has 3 heteroatoms. The maximum absolute atomic E-state index is 5.49. The molecule has 0 saturated carbocycles. The molecule has 3 aromatic rings. The molecule has 0 spiro atoms. The summed E-state index contributed by atoms with van der Waals surface area (Å²) in [6.07, 6.45) is 2.03. The summed E-state index contributed by atoms with van der Waals surface area (Å²) in [5.41, 5.74) is 5.49. The SMILES string of the molecule is Nc1c2ccn1[se]2. The minimum atomic E-state index is 0.573. The quantitative estimate of drug-likeness (QED) is 0.539. The first kappa shape index (κ1) is 3.58. The summed E-state index contributed by atoms with van der Waals surface area (Å²) in [6, 6.07) is 2.08. The van der Waals surface area contributed by atoms with Crippen molar-refractivity contribution in [2.45, 2.75) is 0 Å². The van der Waals surface area contributed by atoms with Gasteiger partial charge in [-0.25, -0.2) is 0 Å². The molecule has 2 bridgehead atoms. The third kappa shape index (κ3) is 0.263. The number of aromatic nitrogens is 1. The fourth-order valence-corrected chi connectivity index (χ4v) is 2.13. The third-order valence-corrected chi connectivity index (χ3v) is 3.27. The number of anilines is 1. The molecule has 0 amide bonds. The Kier molecular flexibility index (Phi) is 0.451. The van der Waals surface area contributed by atoms with E-state index in [1.807, 2.05) is 6.20 Å². The van der Waals surface area contributed by atoms with Gasteiger partial charge in [0.1, 0.15) is 0 Å². The summed E-state index contributed by atoms with van der Waals surface area (Å²) < 4.78 is 3.44. The van der Waals surface area contributed by atoms with Crippen LogP contribution in [0.5, 0.6) is 0 Å². The van der Waals surface area contributed by atoms with E-state index in [4.69, 9.17) is 5.73 Å². The third-order valence-electron chi connectivity index (χ3n) is 1.05. The van der Waals surface area contributed by atoms with Crippen LogP contribution in [-0.4, -0.2) is 18.1 Å². The summed E-state index contributed by atoms with van der Waals surface area (Å²) in [5, 5.41) is 0. The number of fused-ring (bicyclic) bond motifs is 1. The molecule has 0 aliphatic carbocycles. The topological polar surface area (TPSA) is 30.4 Å². The van der Waals surface area contributed by atoms with Crippen molar-refractivity contribution >= 4 is 24.8 Å². The second kappa shape index (κ2) is 0.880. The molecule has 0 fully saturated rings. The van der Waals surface area contributed by atoms with Gasteiger partial charge in [-0.1, -0.05) is 0 Å². The van der Waals surface area contributed by atoms with Crippen molar-refractivity contribution in [3.05, 3.63) is 12.3 Å². The van der Waals surface area contributed by atoms with Crippen LogP contribution in [-0.2, 0) is 0 Å². The zero-order valence-electron chi connectivity index (χ0n) is 3.59. The number of hydrogen-bond acceptors (Lipinski definition) is 1. The molecule has 0 aliphatic heterocycles. The van der Waals surface area contributed by atoms with Crippen LogP contribution in [0.2, 0.25) is 0 Å². The van der Waals surface area contributed by atoms with E-state index in [1.54, 1.807) is 0 Å². The van der Waals surface area contributed by atoms with Crippen molar-refractivity contribution in [2.24, 2.45) is 0 Å². The average Bonchev–Trinajstić information content (AvgIpc) is 2.18. The fraction of sp³-hybridized carbons (Fsp3) is 0. The van der Waals surface area contributed by atoms with E-state index in [2.05, 4.69) is 9.46 Å². The zero-order chi connectivity index (χ0) is 4.85. The number of nitrogens with zero attached hydrogens (tertiary/aromatic N) is 1. The van der Waals surface area contributed by atoms with Crippen molar-refractivity contribution in [3.8, 4) is 0 Å². The van der Waals surface area contributed by atoms with Crippen LogP contribution in [0.15, 0.2) is 12.3 Å². The maximum atomic E-state index is 5.49. The van der Waals surface area contributed by atoms with E-state index < -0.39 is 0 Å². The van der Waals surface area contributed by atoms with Crippen LogP contribution in [0.3, 0.4) is 0 Å². The van der Waals surface area contributed by atoms with Crippen LogP contribution < -0.4 is 5.73 Å². The van der Waals surface area contributed by atoms with Gasteiger partial charge in [0.05, 0.1) is 0 Å². The van der Waals surface area contributed by atoms with Gasteiger partial charge in [-0.15, -0.1) is 0 Å². The average molecular weight is 159 g/mol. The Hall–Kier alpha value is -0.401. The van der Waals surface area contributed by atoms with Gasteiger partial charge in [-0.3, -0.25) is 0 Å². The van der Waals surface area contributed by atoms with Gasteiger partial charge < -0.3 is 0 Å². The number of rotatable bonds is 0. The minimum absolute atomic E-state index is 0.573. The van der Waals surface area contributed by atoms with Crippen molar-refractivity contribution in [2.75, 3.05) is 5.73 Å². The van der Waals surface area contributed by atoms with Crippen LogP contribution in [0.1, 0.15) is 0 Å². The van der Waals surface area contributed by atoms with Gasteiger partial charge in [0, 0.05) is 0 Å². The molecule has 0 unspecified atom stereocenters. The Morgan fingerprint density at radius 2 is 2.57 bits per heavy atom. The molecule has 3 rings (SSSR count). The zero-order valence-corrected chi connectivity index (χ0v) is 5.30. The van der Waals surface area contributed by atoms with Gasteiger partial charge in [0.15, 0.2) is 0 Å². The fourth-order valence-electron chi connectivity index (χ4n) is 0.633. The molecule has 2 N–H and O–H groups in total. The first-order valence-corrected chi connectivity index (χ1v) is 3.65. The van der Waals surface area contributed by atoms with Crippen LogP contribution >= 0.6 is 0 Å². The molecule has 2 nitrogen and oxygen atoms in total. The second-order valence-corrected chi connectivity index (χ2v) is 3.61. The predicted molar refractivity (Wildman–Crippen MR) is 29.9 cm³/mol. The Bertz CT molecular complexity index is 222. The molecular formula is C4H4N2Se. The Labute approximate surface area is 46.8 Å². The Morgan fingerprint density at radius 3 is 2.71 bits per heavy atom. The summed E-state index contributed by atoms with van der Waals surface area (Å²) in [5.74, 6) is 0.972. The normalized spacial score (nSPS) is 11.4. The van der Waals surface area contributed by atoms with Gasteiger partial charge >= 0.3 is 46.2 Å². The second-order valence-electron chi connectivity index (χ2n) is 1.48. The Morgan fingerprint density at radius 1 is 1.71 bits per heavy atom. The summed E-state index contributed by atoms with van der Waals surface area (Å²) in [4.78, 5) is 0. The number of hydrogen-bond donors (Lipinski definition) is 1. The van der Waals surface area contributed by atoms with Gasteiger partial charge in [0.25, 0.3) is 0 Å². The van der Waals surface area contributed by atoms with Crippen LogP contribution in [0.4, 0.5) is 5.82 Å². The number of nitrogen functional groups attached to an aromatic ring is 1. The summed E-state index contributed by atoms with van der Waals surface area (Å²) >= 11 is 0.573. The van der Waals surface area contributed by atoms with Crippen molar-refractivity contribution in [1.29, 1.82) is 0 Å².